The molecule has 0 spiro atoms. The second-order valence-electron chi connectivity index (χ2n) is 10.6. The van der Waals surface area contributed by atoms with Crippen molar-refractivity contribution in [2.45, 2.75) is 50.7 Å². The molecular weight excluding hydrogens is 575 g/mol. The van der Waals surface area contributed by atoms with Crippen molar-refractivity contribution in [3.63, 3.8) is 0 Å². The smallest absolute Gasteiger partial charge is 0.371 e. The van der Waals surface area contributed by atoms with Crippen molar-refractivity contribution < 1.29 is 26.4 Å². The second-order valence-corrected chi connectivity index (χ2v) is 12.8. The fourth-order valence-corrected chi connectivity index (χ4v) is 6.57. The summed E-state index contributed by atoms with van der Waals surface area (Å²) in [6.07, 6.45) is -2.47. The highest BCUT2D eigenvalue weighted by Gasteiger charge is 2.35. The average Bonchev–Trinajstić information content (AvgIpc) is 2.92. The van der Waals surface area contributed by atoms with E-state index in [1.165, 1.54) is 18.6 Å². The molecule has 220 valence electrons. The minimum absolute atomic E-state index is 0.157. The number of nitrogens with zero attached hydrogens (tertiary/aromatic N) is 2. The van der Waals surface area contributed by atoms with Crippen LogP contribution in [0.5, 0.6) is 0 Å². The Hall–Kier alpha value is -3.24. The first-order valence-electron chi connectivity index (χ1n) is 13.4. The van der Waals surface area contributed by atoms with Gasteiger partial charge in [-0.2, -0.15) is 13.2 Å². The Morgan fingerprint density at radius 2 is 1.76 bits per heavy atom. The third kappa shape index (κ3) is 7.35. The van der Waals surface area contributed by atoms with Crippen LogP contribution < -0.4 is 14.5 Å². The van der Waals surface area contributed by atoms with Gasteiger partial charge >= 0.3 is 6.18 Å². The van der Waals surface area contributed by atoms with Crippen LogP contribution in [0.25, 0.3) is 0 Å². The Balaban J connectivity index is 1.57. The molecule has 0 aliphatic carbocycles. The van der Waals surface area contributed by atoms with Crippen LogP contribution in [0.4, 0.5) is 24.5 Å². The van der Waals surface area contributed by atoms with Crippen LogP contribution >= 0.6 is 11.6 Å². The largest absolute Gasteiger partial charge is 0.417 e. The van der Waals surface area contributed by atoms with Crippen molar-refractivity contribution in [2.24, 2.45) is 5.92 Å². The minimum atomic E-state index is -4.82. The number of anilines is 2. The molecular formula is C30H33ClF3N3O3S. The summed E-state index contributed by atoms with van der Waals surface area (Å²) in [7, 11) is -4.41. The third-order valence-corrected chi connectivity index (χ3v) is 9.35. The molecule has 0 aromatic heterocycles. The van der Waals surface area contributed by atoms with Gasteiger partial charge in [-0.25, -0.2) is 8.42 Å². The summed E-state index contributed by atoms with van der Waals surface area (Å²) in [5.41, 5.74) is 1.18. The molecule has 1 amide bonds. The maximum atomic E-state index is 13.6. The summed E-state index contributed by atoms with van der Waals surface area (Å²) >= 11 is 5.77. The summed E-state index contributed by atoms with van der Waals surface area (Å²) in [6, 6.07) is 16.0. The van der Waals surface area contributed by atoms with E-state index in [1.807, 2.05) is 24.3 Å². The van der Waals surface area contributed by atoms with E-state index in [0.717, 1.165) is 48.5 Å². The van der Waals surface area contributed by atoms with Gasteiger partial charge in [-0.3, -0.25) is 9.10 Å². The normalized spacial score (nSPS) is 16.8. The predicted octanol–water partition coefficient (Wildman–Crippen LogP) is 6.98. The maximum Gasteiger partial charge on any atom is 0.417 e. The van der Waals surface area contributed by atoms with Gasteiger partial charge in [0.2, 0.25) is 5.91 Å². The number of nitrogens with one attached hydrogen (secondary N) is 1. The van der Waals surface area contributed by atoms with Crippen molar-refractivity contribution in [2.75, 3.05) is 28.8 Å². The zero-order valence-electron chi connectivity index (χ0n) is 23.1. The molecule has 4 rings (SSSR count). The molecule has 2 unspecified atom stereocenters. The van der Waals surface area contributed by atoms with Crippen molar-refractivity contribution in [1.29, 1.82) is 0 Å². The van der Waals surface area contributed by atoms with E-state index in [-0.39, 0.29) is 10.6 Å². The Labute approximate surface area is 244 Å². The van der Waals surface area contributed by atoms with Gasteiger partial charge in [0.15, 0.2) is 0 Å². The van der Waals surface area contributed by atoms with E-state index in [0.29, 0.717) is 16.3 Å². The van der Waals surface area contributed by atoms with Crippen molar-refractivity contribution in [3.8, 4) is 0 Å². The SMILES string of the molecule is Cc1ccc(S(=O)(=O)N(CC(=O)NC(C)c2ccc(N3CCCC(C)C3)cc2)c2ccc(Cl)c(C(F)(F)F)c2)cc1. The van der Waals surface area contributed by atoms with Gasteiger partial charge in [-0.05, 0) is 80.6 Å². The van der Waals surface area contributed by atoms with Crippen LogP contribution in [0.15, 0.2) is 71.6 Å². The number of carbonyl (C=O) groups excluding carboxylic acids is 1. The van der Waals surface area contributed by atoms with E-state index in [4.69, 9.17) is 11.6 Å². The highest BCUT2D eigenvalue weighted by atomic mass is 35.5. The highest BCUT2D eigenvalue weighted by Crippen LogP contribution is 2.38. The van der Waals surface area contributed by atoms with E-state index < -0.39 is 45.3 Å². The number of hydrogen-bond acceptors (Lipinski definition) is 4. The predicted molar refractivity (Wildman–Crippen MR) is 156 cm³/mol. The molecule has 1 aliphatic heterocycles. The number of rotatable bonds is 8. The van der Waals surface area contributed by atoms with E-state index >= 15 is 0 Å². The summed E-state index contributed by atoms with van der Waals surface area (Å²) in [5.74, 6) is -0.0562. The lowest BCUT2D eigenvalue weighted by atomic mass is 9.99. The number of aryl methyl sites for hydroxylation is 1. The summed E-state index contributed by atoms with van der Waals surface area (Å²) in [6.45, 7) is 7.01. The molecule has 41 heavy (non-hydrogen) atoms. The molecule has 0 radical (unpaired) electrons. The Morgan fingerprint density at radius 1 is 1.10 bits per heavy atom. The van der Waals surface area contributed by atoms with Gasteiger partial charge in [0.25, 0.3) is 10.0 Å². The minimum Gasteiger partial charge on any atom is -0.371 e. The van der Waals surface area contributed by atoms with E-state index in [9.17, 15) is 26.4 Å². The van der Waals surface area contributed by atoms with Crippen LogP contribution in [-0.2, 0) is 21.0 Å². The molecule has 1 heterocycles. The number of sulfonamides is 1. The average molecular weight is 608 g/mol. The number of halogens is 4. The van der Waals surface area contributed by atoms with Gasteiger partial charge in [-0.1, -0.05) is 48.4 Å². The first kappa shape index (κ1) is 30.7. The van der Waals surface area contributed by atoms with Crippen molar-refractivity contribution >= 4 is 38.9 Å². The van der Waals surface area contributed by atoms with E-state index in [2.05, 4.69) is 17.1 Å². The van der Waals surface area contributed by atoms with E-state index in [1.54, 1.807) is 26.0 Å². The summed E-state index contributed by atoms with van der Waals surface area (Å²) in [5, 5.41) is 2.21. The number of alkyl halides is 3. The molecule has 3 aromatic rings. The lowest BCUT2D eigenvalue weighted by Crippen LogP contribution is -2.41. The number of hydrogen-bond donors (Lipinski definition) is 1. The lowest BCUT2D eigenvalue weighted by molar-refractivity contribution is -0.137. The fraction of sp³-hybridized carbons (Fsp3) is 0.367. The molecule has 1 aliphatic rings. The van der Waals surface area contributed by atoms with Gasteiger partial charge in [0, 0.05) is 18.8 Å². The van der Waals surface area contributed by atoms with Crippen LogP contribution in [0.3, 0.4) is 0 Å². The molecule has 0 saturated carbocycles. The Morgan fingerprint density at radius 3 is 2.37 bits per heavy atom. The molecule has 6 nitrogen and oxygen atoms in total. The highest BCUT2D eigenvalue weighted by molar-refractivity contribution is 7.92. The zero-order chi connectivity index (χ0) is 29.9. The molecule has 0 bridgehead atoms. The summed E-state index contributed by atoms with van der Waals surface area (Å²) in [4.78, 5) is 15.3. The van der Waals surface area contributed by atoms with Gasteiger partial charge in [0.1, 0.15) is 6.54 Å². The number of benzene rings is 3. The molecule has 3 aromatic carbocycles. The van der Waals surface area contributed by atoms with Crippen LogP contribution in [0.1, 0.15) is 49.4 Å². The molecule has 1 saturated heterocycles. The first-order valence-corrected chi connectivity index (χ1v) is 15.2. The monoisotopic (exact) mass is 607 g/mol. The third-order valence-electron chi connectivity index (χ3n) is 7.23. The lowest BCUT2D eigenvalue weighted by Gasteiger charge is -2.33. The molecule has 1 fully saturated rings. The fourth-order valence-electron chi connectivity index (χ4n) is 4.94. The van der Waals surface area contributed by atoms with Gasteiger partial charge < -0.3 is 10.2 Å². The maximum absolute atomic E-state index is 13.6. The quantitative estimate of drug-likeness (QED) is 0.300. The van der Waals surface area contributed by atoms with Gasteiger partial charge in [0.05, 0.1) is 27.2 Å². The second kappa shape index (κ2) is 12.3. The van der Waals surface area contributed by atoms with Crippen LogP contribution in [0.2, 0.25) is 5.02 Å². The molecule has 1 N–H and O–H groups in total. The Kier molecular flexibility index (Phi) is 9.23. The Bertz CT molecular complexity index is 1480. The molecule has 11 heteroatoms. The van der Waals surface area contributed by atoms with Gasteiger partial charge in [-0.15, -0.1) is 0 Å². The zero-order valence-corrected chi connectivity index (χ0v) is 24.7. The molecule has 2 atom stereocenters. The van der Waals surface area contributed by atoms with Crippen LogP contribution in [-0.4, -0.2) is 34.0 Å². The number of piperidine rings is 1. The summed E-state index contributed by atoms with van der Waals surface area (Å²) < 4.78 is 68.7. The first-order chi connectivity index (χ1) is 19.3. The van der Waals surface area contributed by atoms with Crippen molar-refractivity contribution in [1.82, 2.24) is 5.32 Å². The number of carbonyl (C=O) groups is 1. The van der Waals surface area contributed by atoms with Crippen molar-refractivity contribution in [3.05, 3.63) is 88.4 Å². The standard InChI is InChI=1S/C30H33ClF3N3O3S/c1-20-6-13-26(14-7-20)41(39,40)37(25-12-15-28(31)27(17-25)30(32,33)34)19-29(38)35-22(3)23-8-10-24(11-9-23)36-16-4-5-21(2)18-36/h6-15,17,21-22H,4-5,16,18-19H2,1-3H3,(H,35,38). The topological polar surface area (TPSA) is 69.7 Å². The van der Waals surface area contributed by atoms with Crippen LogP contribution in [0, 0.1) is 12.8 Å². The number of amides is 1.